The van der Waals surface area contributed by atoms with Crippen molar-refractivity contribution in [2.75, 3.05) is 30.3 Å². The molecule has 1 N–H and O–H groups in total. The van der Waals surface area contributed by atoms with E-state index in [1.165, 1.54) is 5.56 Å². The molecule has 3 heterocycles. The largest absolute Gasteiger partial charge is 0.376 e. The molecular formula is C32H40N4O3S. The first-order valence-electron chi connectivity index (χ1n) is 14.1. The zero-order chi connectivity index (χ0) is 28.6. The molecule has 0 aliphatic carbocycles. The van der Waals surface area contributed by atoms with Gasteiger partial charge in [-0.05, 0) is 50.8 Å². The van der Waals surface area contributed by atoms with E-state index in [4.69, 9.17) is 9.84 Å². The van der Waals surface area contributed by atoms with Gasteiger partial charge < -0.3 is 10.1 Å². The smallest absolute Gasteiger partial charge is 0.240 e. The molecule has 8 heteroatoms. The molecule has 5 rings (SSSR count). The Hall–Kier alpha value is -3.10. The number of ether oxygens (including phenoxy) is 1. The maximum absolute atomic E-state index is 13.9. The van der Waals surface area contributed by atoms with E-state index in [1.54, 1.807) is 16.7 Å². The number of nitrogens with one attached hydrogen (secondary N) is 1. The number of fused-ring (bicyclic) bond motifs is 1. The molecule has 2 atom stereocenters. The van der Waals surface area contributed by atoms with Crippen molar-refractivity contribution in [3.8, 4) is 5.69 Å². The molecule has 2 aliphatic rings. The van der Waals surface area contributed by atoms with E-state index in [0.29, 0.717) is 12.4 Å². The van der Waals surface area contributed by atoms with Crippen LogP contribution in [0.25, 0.3) is 5.69 Å². The van der Waals surface area contributed by atoms with Gasteiger partial charge >= 0.3 is 0 Å². The normalized spacial score (nSPS) is 19.4. The minimum absolute atomic E-state index is 0.0360. The van der Waals surface area contributed by atoms with Gasteiger partial charge in [-0.2, -0.15) is 5.10 Å². The SMILES string of the molecule is Cc1cccc([C@H]2SCC(=O)N(CC(=O)NC[C@H]3CCCO3)c3c2c(C(C)(C)C)nn3-c2ccc(C)cc2C)c1. The standard InChI is InChI=1S/C32H40N4O3S/c1-20-9-7-10-23(16-20)29-28-30(32(4,5)6)34-36(25-13-12-21(2)15-22(25)3)31(28)35(27(38)19-40-29)18-26(37)33-17-24-11-8-14-39-24/h7,9-10,12-13,15-16,24,29H,8,11,14,17-19H2,1-6H3,(H,33,37)/t24-,29-/m1/s1. The van der Waals surface area contributed by atoms with Crippen LogP contribution in [0.1, 0.15) is 72.4 Å². The van der Waals surface area contributed by atoms with E-state index < -0.39 is 0 Å². The lowest BCUT2D eigenvalue weighted by atomic mass is 9.87. The summed E-state index contributed by atoms with van der Waals surface area (Å²) in [5, 5.41) is 8.13. The highest BCUT2D eigenvalue weighted by atomic mass is 32.2. The van der Waals surface area contributed by atoms with Gasteiger partial charge in [0.1, 0.15) is 12.4 Å². The molecule has 7 nitrogen and oxygen atoms in total. The fourth-order valence-corrected chi connectivity index (χ4v) is 6.80. The molecule has 0 bridgehead atoms. The van der Waals surface area contributed by atoms with Crippen molar-refractivity contribution in [1.29, 1.82) is 0 Å². The highest BCUT2D eigenvalue weighted by molar-refractivity contribution is 8.00. The fraction of sp³-hybridized carbons (Fsp3) is 0.469. The zero-order valence-electron chi connectivity index (χ0n) is 24.4. The second-order valence-electron chi connectivity index (χ2n) is 12.1. The van der Waals surface area contributed by atoms with Crippen molar-refractivity contribution in [2.45, 2.75) is 71.2 Å². The van der Waals surface area contributed by atoms with Crippen LogP contribution in [0.5, 0.6) is 0 Å². The summed E-state index contributed by atoms with van der Waals surface area (Å²) in [6, 6.07) is 14.7. The van der Waals surface area contributed by atoms with Gasteiger partial charge in [-0.1, -0.05) is 68.3 Å². The summed E-state index contributed by atoms with van der Waals surface area (Å²) in [4.78, 5) is 28.8. The fourth-order valence-electron chi connectivity index (χ4n) is 5.61. The summed E-state index contributed by atoms with van der Waals surface area (Å²) in [5.41, 5.74) is 7.06. The molecule has 40 heavy (non-hydrogen) atoms. The van der Waals surface area contributed by atoms with Crippen molar-refractivity contribution >= 4 is 29.4 Å². The number of benzene rings is 2. The molecule has 212 valence electrons. The monoisotopic (exact) mass is 560 g/mol. The molecule has 3 aromatic rings. The number of hydrogen-bond donors (Lipinski definition) is 1. The van der Waals surface area contributed by atoms with Crippen LogP contribution in [-0.2, 0) is 19.7 Å². The average molecular weight is 561 g/mol. The van der Waals surface area contributed by atoms with Gasteiger partial charge in [0.15, 0.2) is 0 Å². The third-order valence-corrected chi connectivity index (χ3v) is 8.83. The van der Waals surface area contributed by atoms with Crippen molar-refractivity contribution in [3.63, 3.8) is 0 Å². The van der Waals surface area contributed by atoms with Crippen LogP contribution in [-0.4, -0.2) is 53.1 Å². The topological polar surface area (TPSA) is 76.5 Å². The minimum atomic E-state index is -0.294. The van der Waals surface area contributed by atoms with Gasteiger partial charge in [-0.15, -0.1) is 11.8 Å². The third-order valence-electron chi connectivity index (χ3n) is 7.58. The molecule has 2 aromatic carbocycles. The zero-order valence-corrected chi connectivity index (χ0v) is 25.2. The van der Waals surface area contributed by atoms with Gasteiger partial charge in [0.2, 0.25) is 11.8 Å². The van der Waals surface area contributed by atoms with E-state index in [1.807, 2.05) is 4.68 Å². The number of nitrogens with zero attached hydrogens (tertiary/aromatic N) is 3. The number of aromatic nitrogens is 2. The van der Waals surface area contributed by atoms with Crippen molar-refractivity contribution in [3.05, 3.63) is 76.0 Å². The number of anilines is 1. The molecule has 0 saturated carbocycles. The Bertz CT molecular complexity index is 1420. The Morgan fingerprint density at radius 1 is 1.12 bits per heavy atom. The Morgan fingerprint density at radius 2 is 1.90 bits per heavy atom. The van der Waals surface area contributed by atoms with Crippen LogP contribution in [0.2, 0.25) is 0 Å². The number of aryl methyl sites for hydroxylation is 3. The average Bonchev–Trinajstić information content (AvgIpc) is 3.52. The second-order valence-corrected chi connectivity index (χ2v) is 13.2. The van der Waals surface area contributed by atoms with Gasteiger partial charge in [0.05, 0.1) is 28.5 Å². The van der Waals surface area contributed by atoms with Crippen LogP contribution in [0.15, 0.2) is 42.5 Å². The molecule has 1 aromatic heterocycles. The van der Waals surface area contributed by atoms with Crippen molar-refractivity contribution < 1.29 is 14.3 Å². The maximum Gasteiger partial charge on any atom is 0.240 e. The quantitative estimate of drug-likeness (QED) is 0.427. The molecule has 0 radical (unpaired) electrons. The molecule has 1 saturated heterocycles. The van der Waals surface area contributed by atoms with Gasteiger partial charge in [0.25, 0.3) is 0 Å². The van der Waals surface area contributed by atoms with Crippen molar-refractivity contribution in [1.82, 2.24) is 15.1 Å². The lowest BCUT2D eigenvalue weighted by Gasteiger charge is -2.25. The number of carbonyl (C=O) groups excluding carboxylic acids is 2. The summed E-state index contributed by atoms with van der Waals surface area (Å²) in [7, 11) is 0. The van der Waals surface area contributed by atoms with Crippen LogP contribution in [0.4, 0.5) is 5.82 Å². The molecular weight excluding hydrogens is 520 g/mol. The van der Waals surface area contributed by atoms with Crippen LogP contribution in [0, 0.1) is 20.8 Å². The Morgan fingerprint density at radius 3 is 2.58 bits per heavy atom. The maximum atomic E-state index is 13.9. The van der Waals surface area contributed by atoms with E-state index in [0.717, 1.165) is 53.1 Å². The lowest BCUT2D eigenvalue weighted by molar-refractivity contribution is -0.123. The minimum Gasteiger partial charge on any atom is -0.376 e. The summed E-state index contributed by atoms with van der Waals surface area (Å²) >= 11 is 1.61. The predicted molar refractivity (Wildman–Crippen MR) is 162 cm³/mol. The van der Waals surface area contributed by atoms with E-state index in [9.17, 15) is 9.59 Å². The van der Waals surface area contributed by atoms with Crippen LogP contribution >= 0.6 is 11.8 Å². The first-order valence-corrected chi connectivity index (χ1v) is 15.2. The molecule has 0 spiro atoms. The molecule has 2 aliphatic heterocycles. The molecule has 2 amide bonds. The van der Waals surface area contributed by atoms with Gasteiger partial charge in [-0.3, -0.25) is 14.5 Å². The Labute approximate surface area is 241 Å². The van der Waals surface area contributed by atoms with E-state index in [2.05, 4.69) is 89.3 Å². The van der Waals surface area contributed by atoms with Crippen molar-refractivity contribution in [2.24, 2.45) is 0 Å². The molecule has 0 unspecified atom stereocenters. The third kappa shape index (κ3) is 5.84. The highest BCUT2D eigenvalue weighted by Crippen LogP contribution is 2.48. The number of amides is 2. The first kappa shape index (κ1) is 28.4. The van der Waals surface area contributed by atoms with Crippen LogP contribution in [0.3, 0.4) is 0 Å². The summed E-state index contributed by atoms with van der Waals surface area (Å²) in [6.45, 7) is 13.8. The second kappa shape index (κ2) is 11.4. The van der Waals surface area contributed by atoms with Gasteiger partial charge in [0, 0.05) is 24.1 Å². The number of rotatable bonds is 6. The number of thioether (sulfide) groups is 1. The number of hydrogen-bond acceptors (Lipinski definition) is 5. The molecule has 1 fully saturated rings. The van der Waals surface area contributed by atoms with E-state index >= 15 is 0 Å². The van der Waals surface area contributed by atoms with Gasteiger partial charge in [-0.25, -0.2) is 4.68 Å². The van der Waals surface area contributed by atoms with Crippen LogP contribution < -0.4 is 10.2 Å². The lowest BCUT2D eigenvalue weighted by Crippen LogP contribution is -2.44. The summed E-state index contributed by atoms with van der Waals surface area (Å²) in [5.74, 6) is 0.660. The Kier molecular flexibility index (Phi) is 8.11. The van der Waals surface area contributed by atoms with E-state index in [-0.39, 0.29) is 40.9 Å². The number of carbonyl (C=O) groups is 2. The first-order chi connectivity index (χ1) is 19.0. The summed E-state index contributed by atoms with van der Waals surface area (Å²) in [6.07, 6.45) is 1.99. The predicted octanol–water partition coefficient (Wildman–Crippen LogP) is 5.56. The summed E-state index contributed by atoms with van der Waals surface area (Å²) < 4.78 is 7.60. The Balaban J connectivity index is 1.68. The highest BCUT2D eigenvalue weighted by Gasteiger charge is 2.40.